The first-order valence-corrected chi connectivity index (χ1v) is 8.54. The number of nitrogen functional groups attached to an aromatic ring is 1. The van der Waals surface area contributed by atoms with Crippen molar-refractivity contribution < 1.29 is 4.74 Å². The van der Waals surface area contributed by atoms with Gasteiger partial charge in [0, 0.05) is 29.1 Å². The molecule has 5 N–H and O–H groups in total. The molecule has 3 heterocycles. The molecule has 26 heavy (non-hydrogen) atoms. The van der Waals surface area contributed by atoms with Crippen LogP contribution in [-0.2, 0) is 0 Å². The highest BCUT2D eigenvalue weighted by Crippen LogP contribution is 2.37. The summed E-state index contributed by atoms with van der Waals surface area (Å²) in [5.41, 5.74) is 15.5. The number of aromatic nitrogens is 3. The van der Waals surface area contributed by atoms with Crippen LogP contribution >= 0.6 is 0 Å². The third kappa shape index (κ3) is 2.90. The lowest BCUT2D eigenvalue weighted by Crippen LogP contribution is -2.27. The minimum absolute atomic E-state index is 0.0785. The van der Waals surface area contributed by atoms with E-state index in [1.54, 1.807) is 12.4 Å². The van der Waals surface area contributed by atoms with Crippen LogP contribution in [-0.4, -0.2) is 27.1 Å². The number of benzene rings is 1. The van der Waals surface area contributed by atoms with Crippen molar-refractivity contribution >= 4 is 22.7 Å². The van der Waals surface area contributed by atoms with Crippen LogP contribution in [0.1, 0.15) is 32.4 Å². The summed E-state index contributed by atoms with van der Waals surface area (Å²) in [6.45, 7) is 6.68. The van der Waals surface area contributed by atoms with Gasteiger partial charge in [0.05, 0.1) is 16.9 Å². The minimum atomic E-state index is -0.149. The Kier molecular flexibility index (Phi) is 3.69. The van der Waals surface area contributed by atoms with Gasteiger partial charge in [-0.15, -0.1) is 0 Å². The van der Waals surface area contributed by atoms with Crippen molar-refractivity contribution in [2.24, 2.45) is 5.73 Å². The molecule has 7 nitrogen and oxygen atoms in total. The maximum absolute atomic E-state index is 6.04. The standard InChI is InChI=1S/C19H22N6O/c1-19(2,3)25-18-23-8-13-16(24-18)12(7-22-17(13)21)10-4-5-11-14(20)9-26-15(11)6-10/h4-8,14H,9,20H2,1-3H3,(H2,21,22)(H,23,24,25). The topological polar surface area (TPSA) is 112 Å². The number of hydrogen-bond acceptors (Lipinski definition) is 7. The third-order valence-corrected chi connectivity index (χ3v) is 4.28. The first kappa shape index (κ1) is 16.5. The molecule has 7 heteroatoms. The van der Waals surface area contributed by atoms with Crippen molar-refractivity contribution in [3.05, 3.63) is 36.2 Å². The van der Waals surface area contributed by atoms with E-state index >= 15 is 0 Å². The van der Waals surface area contributed by atoms with Gasteiger partial charge in [0.2, 0.25) is 5.95 Å². The number of nitrogens with two attached hydrogens (primary N) is 2. The number of fused-ring (bicyclic) bond motifs is 2. The van der Waals surface area contributed by atoms with E-state index in [2.05, 4.69) is 36.1 Å². The molecular weight excluding hydrogens is 328 g/mol. The maximum atomic E-state index is 6.04. The maximum Gasteiger partial charge on any atom is 0.223 e. The fourth-order valence-electron chi connectivity index (χ4n) is 3.05. The Morgan fingerprint density at radius 1 is 1.19 bits per heavy atom. The van der Waals surface area contributed by atoms with Gasteiger partial charge in [-0.05, 0) is 32.4 Å². The summed E-state index contributed by atoms with van der Waals surface area (Å²) in [6, 6.07) is 5.91. The molecule has 1 aliphatic rings. The lowest BCUT2D eigenvalue weighted by Gasteiger charge is -2.20. The molecule has 0 spiro atoms. The Morgan fingerprint density at radius 2 is 2.00 bits per heavy atom. The van der Waals surface area contributed by atoms with E-state index in [1.165, 1.54) is 0 Å². The lowest BCUT2D eigenvalue weighted by molar-refractivity contribution is 0.333. The van der Waals surface area contributed by atoms with E-state index < -0.39 is 0 Å². The van der Waals surface area contributed by atoms with Crippen LogP contribution < -0.4 is 21.5 Å². The van der Waals surface area contributed by atoms with Crippen molar-refractivity contribution in [3.63, 3.8) is 0 Å². The van der Waals surface area contributed by atoms with Crippen LogP contribution in [0, 0.1) is 0 Å². The average Bonchev–Trinajstić information content (AvgIpc) is 2.94. The van der Waals surface area contributed by atoms with Gasteiger partial charge in [-0.25, -0.2) is 15.0 Å². The average molecular weight is 350 g/mol. The van der Waals surface area contributed by atoms with Crippen LogP contribution in [0.4, 0.5) is 11.8 Å². The van der Waals surface area contributed by atoms with Crippen LogP contribution in [0.3, 0.4) is 0 Å². The van der Waals surface area contributed by atoms with Gasteiger partial charge in [-0.1, -0.05) is 12.1 Å². The molecule has 1 aromatic carbocycles. The summed E-state index contributed by atoms with van der Waals surface area (Å²) < 4.78 is 5.68. The van der Waals surface area contributed by atoms with Gasteiger partial charge < -0.3 is 21.5 Å². The molecule has 0 amide bonds. The van der Waals surface area contributed by atoms with E-state index in [4.69, 9.17) is 21.2 Å². The lowest BCUT2D eigenvalue weighted by atomic mass is 10.0. The highest BCUT2D eigenvalue weighted by atomic mass is 16.5. The summed E-state index contributed by atoms with van der Waals surface area (Å²) in [7, 11) is 0. The Hall–Kier alpha value is -2.93. The van der Waals surface area contributed by atoms with E-state index in [1.807, 2.05) is 18.2 Å². The Labute approximate surface area is 151 Å². The van der Waals surface area contributed by atoms with Gasteiger partial charge in [0.1, 0.15) is 18.2 Å². The zero-order valence-electron chi connectivity index (χ0n) is 15.1. The van der Waals surface area contributed by atoms with Crippen molar-refractivity contribution in [2.45, 2.75) is 32.4 Å². The summed E-state index contributed by atoms with van der Waals surface area (Å²) in [5.74, 6) is 1.77. The highest BCUT2D eigenvalue weighted by molar-refractivity contribution is 5.98. The van der Waals surface area contributed by atoms with E-state index in [-0.39, 0.29) is 11.6 Å². The van der Waals surface area contributed by atoms with Crippen molar-refractivity contribution in [1.82, 2.24) is 15.0 Å². The number of rotatable bonds is 2. The Balaban J connectivity index is 1.87. The van der Waals surface area contributed by atoms with E-state index in [0.717, 1.165) is 33.3 Å². The molecule has 4 rings (SSSR count). The van der Waals surface area contributed by atoms with Crippen LogP contribution in [0.2, 0.25) is 0 Å². The minimum Gasteiger partial charge on any atom is -0.491 e. The molecular formula is C19H22N6O. The monoisotopic (exact) mass is 350 g/mol. The largest absolute Gasteiger partial charge is 0.491 e. The molecule has 0 bridgehead atoms. The van der Waals surface area contributed by atoms with Gasteiger partial charge in [-0.3, -0.25) is 0 Å². The molecule has 2 aromatic heterocycles. The van der Waals surface area contributed by atoms with E-state index in [0.29, 0.717) is 18.4 Å². The SMILES string of the molecule is CC(C)(C)Nc1ncc2c(N)ncc(-c3ccc4c(c3)OCC4N)c2n1. The number of hydrogen-bond donors (Lipinski definition) is 3. The first-order valence-electron chi connectivity index (χ1n) is 8.54. The summed E-state index contributed by atoms with van der Waals surface area (Å²) >= 11 is 0. The van der Waals surface area contributed by atoms with Crippen LogP contribution in [0.25, 0.3) is 22.0 Å². The number of ether oxygens (including phenoxy) is 1. The molecule has 1 aliphatic heterocycles. The highest BCUT2D eigenvalue weighted by Gasteiger charge is 2.22. The zero-order chi connectivity index (χ0) is 18.5. The number of anilines is 2. The molecule has 0 aliphatic carbocycles. The molecule has 1 unspecified atom stereocenters. The van der Waals surface area contributed by atoms with Gasteiger partial charge in [-0.2, -0.15) is 0 Å². The summed E-state index contributed by atoms with van der Waals surface area (Å²) in [5, 5.41) is 4.02. The number of pyridine rings is 1. The molecule has 0 saturated heterocycles. The second kappa shape index (κ2) is 5.81. The van der Waals surface area contributed by atoms with Crippen molar-refractivity contribution in [2.75, 3.05) is 17.7 Å². The number of nitrogens with one attached hydrogen (secondary N) is 1. The van der Waals surface area contributed by atoms with E-state index in [9.17, 15) is 0 Å². The zero-order valence-corrected chi connectivity index (χ0v) is 15.1. The molecule has 0 saturated carbocycles. The van der Waals surface area contributed by atoms with Gasteiger partial charge >= 0.3 is 0 Å². The smallest absolute Gasteiger partial charge is 0.223 e. The van der Waals surface area contributed by atoms with Crippen LogP contribution in [0.5, 0.6) is 5.75 Å². The van der Waals surface area contributed by atoms with Crippen LogP contribution in [0.15, 0.2) is 30.6 Å². The second-order valence-corrected chi connectivity index (χ2v) is 7.56. The third-order valence-electron chi connectivity index (χ3n) is 4.28. The first-order chi connectivity index (χ1) is 12.3. The van der Waals surface area contributed by atoms with Gasteiger partial charge in [0.25, 0.3) is 0 Å². The molecule has 3 aromatic rings. The Morgan fingerprint density at radius 3 is 2.77 bits per heavy atom. The molecule has 134 valence electrons. The normalized spacial score (nSPS) is 16.4. The second-order valence-electron chi connectivity index (χ2n) is 7.56. The summed E-state index contributed by atoms with van der Waals surface area (Å²) in [4.78, 5) is 13.4. The fourth-order valence-corrected chi connectivity index (χ4v) is 3.05. The molecule has 0 fully saturated rings. The quantitative estimate of drug-likeness (QED) is 0.651. The molecule has 0 radical (unpaired) electrons. The van der Waals surface area contributed by atoms with Gasteiger partial charge in [0.15, 0.2) is 0 Å². The van der Waals surface area contributed by atoms with Crippen molar-refractivity contribution in [3.8, 4) is 16.9 Å². The fraction of sp³-hybridized carbons (Fsp3) is 0.316. The molecule has 1 atom stereocenters. The van der Waals surface area contributed by atoms with Crippen molar-refractivity contribution in [1.29, 1.82) is 0 Å². The predicted molar refractivity (Wildman–Crippen MR) is 103 cm³/mol. The summed E-state index contributed by atoms with van der Waals surface area (Å²) in [6.07, 6.45) is 3.45. The predicted octanol–water partition coefficient (Wildman–Crippen LogP) is 2.88. The number of nitrogens with zero attached hydrogens (tertiary/aromatic N) is 3. The Bertz CT molecular complexity index is 995.